The topological polar surface area (TPSA) is 94.2 Å². The zero-order valence-electron chi connectivity index (χ0n) is 37.5. The molecule has 1 fully saturated rings. The number of nitrogens with zero attached hydrogens (tertiary/aromatic N) is 8. The number of piperazine rings is 1. The van der Waals surface area contributed by atoms with Crippen molar-refractivity contribution in [2.24, 2.45) is 0 Å². The minimum atomic E-state index is -4.41. The summed E-state index contributed by atoms with van der Waals surface area (Å²) >= 11 is 0. The van der Waals surface area contributed by atoms with Crippen molar-refractivity contribution in [3.8, 4) is 22.5 Å². The molecule has 0 bridgehead atoms. The number of imidazole rings is 1. The predicted octanol–water partition coefficient (Wildman–Crippen LogP) is 10.2. The Morgan fingerprint density at radius 1 is 0.642 bits per heavy atom. The number of rotatable bonds is 15. The van der Waals surface area contributed by atoms with Gasteiger partial charge in [0.25, 0.3) is 0 Å². The molecule has 9 rings (SSSR count). The Balaban J connectivity index is 1.00. The van der Waals surface area contributed by atoms with Crippen LogP contribution in [0.2, 0.25) is 0 Å². The smallest absolute Gasteiger partial charge is 0.416 e. The molecule has 0 unspecified atom stereocenters. The molecule has 0 spiro atoms. The van der Waals surface area contributed by atoms with Crippen molar-refractivity contribution in [2.75, 3.05) is 33.3 Å². The second-order valence-electron chi connectivity index (χ2n) is 16.8. The fraction of sp³-hybridized carbons (Fsp3) is 0.241. The van der Waals surface area contributed by atoms with Gasteiger partial charge in [-0.15, -0.1) is 5.10 Å². The predicted molar refractivity (Wildman–Crippen MR) is 252 cm³/mol. The molecule has 10 nitrogen and oxygen atoms in total. The first-order valence-corrected chi connectivity index (χ1v) is 22.6. The molecule has 0 atom stereocenters. The third-order valence-corrected chi connectivity index (χ3v) is 12.7. The summed E-state index contributed by atoms with van der Waals surface area (Å²) in [5, 5.41) is 13.8. The largest absolute Gasteiger partial charge is 0.464 e. The number of aromatic nitrogens is 6. The molecule has 1 aliphatic rings. The monoisotopic (exact) mass is 900 g/mol. The molecule has 6 aromatic carbocycles. The van der Waals surface area contributed by atoms with Crippen LogP contribution in [0.25, 0.3) is 22.5 Å². The minimum Gasteiger partial charge on any atom is -0.464 e. The average molecular weight is 901 g/mol. The lowest BCUT2D eigenvalue weighted by Crippen LogP contribution is -2.45. The summed E-state index contributed by atoms with van der Waals surface area (Å²) in [5.41, 5.74) is 6.56. The van der Waals surface area contributed by atoms with Crippen LogP contribution in [0.3, 0.4) is 0 Å². The number of ether oxygens (including phenoxy) is 1. The molecule has 2 aromatic heterocycles. The molecule has 13 heteroatoms. The van der Waals surface area contributed by atoms with Crippen molar-refractivity contribution in [1.29, 1.82) is 0 Å². The van der Waals surface area contributed by atoms with Gasteiger partial charge in [0.2, 0.25) is 0 Å². The van der Waals surface area contributed by atoms with Crippen LogP contribution >= 0.6 is 0 Å². The van der Waals surface area contributed by atoms with Gasteiger partial charge in [0.1, 0.15) is 11.4 Å². The highest BCUT2D eigenvalue weighted by atomic mass is 19.4. The summed E-state index contributed by atoms with van der Waals surface area (Å²) in [5.74, 6) is 0.927. The molecule has 0 aliphatic carbocycles. The van der Waals surface area contributed by atoms with E-state index in [1.165, 1.54) is 13.2 Å². The lowest BCUT2D eigenvalue weighted by Gasteiger charge is -2.36. The van der Waals surface area contributed by atoms with E-state index in [0.29, 0.717) is 62.9 Å². The highest BCUT2D eigenvalue weighted by molar-refractivity contribution is 5.89. The van der Waals surface area contributed by atoms with E-state index in [0.717, 1.165) is 57.3 Å². The van der Waals surface area contributed by atoms with Gasteiger partial charge in [-0.2, -0.15) is 13.2 Å². The molecule has 0 saturated carbocycles. The molecule has 1 aliphatic heterocycles. The van der Waals surface area contributed by atoms with Crippen molar-refractivity contribution < 1.29 is 22.7 Å². The molecule has 0 amide bonds. The summed E-state index contributed by atoms with van der Waals surface area (Å²) in [6, 6.07) is 53.2. The molecular formula is C54H51F3N8O2. The van der Waals surface area contributed by atoms with Gasteiger partial charge in [0.15, 0.2) is 11.5 Å². The van der Waals surface area contributed by atoms with Gasteiger partial charge in [-0.3, -0.25) is 9.80 Å². The molecular weight excluding hydrogens is 850 g/mol. The minimum absolute atomic E-state index is 0.215. The molecule has 0 N–H and O–H groups in total. The molecule has 340 valence electrons. The van der Waals surface area contributed by atoms with Gasteiger partial charge in [-0.05, 0) is 61.9 Å². The standard InChI is InChI=1S/C54H51F3N8O2/c1-3-17-49-58-48(38-63-34-32-62(33-35-63)37-41-18-13-16-27-47(41)54(55,56)57)50(52(66)67-2)64(49)36-39-28-30-40(31-29-39)45-25-14-15-26-46(45)51-59-60-61-65(51)53(42-19-7-4-8-20-42,43-21-9-5-10-22-43)44-23-11-6-12-24-44/h4-16,18-31H,3,17,32-38H2,1-2H3. The Hall–Kier alpha value is -7.22. The van der Waals surface area contributed by atoms with Gasteiger partial charge < -0.3 is 9.30 Å². The lowest BCUT2D eigenvalue weighted by molar-refractivity contribution is -0.138. The van der Waals surface area contributed by atoms with E-state index in [1.807, 2.05) is 80.9 Å². The SMILES string of the molecule is CCCc1nc(CN2CCN(Cc3ccccc3C(F)(F)F)CC2)c(C(=O)OC)n1Cc1ccc(-c2ccccc2-c2nnnn2C(c2ccccc2)(c2ccccc2)c2ccccc2)cc1. The maximum atomic E-state index is 13.7. The van der Waals surface area contributed by atoms with Crippen molar-refractivity contribution in [3.63, 3.8) is 0 Å². The summed E-state index contributed by atoms with van der Waals surface area (Å²) in [6.45, 7) is 5.51. The van der Waals surface area contributed by atoms with Crippen molar-refractivity contribution >= 4 is 5.97 Å². The second-order valence-corrected chi connectivity index (χ2v) is 16.8. The van der Waals surface area contributed by atoms with E-state index in [4.69, 9.17) is 20.0 Å². The Bertz CT molecular complexity index is 2810. The number of methoxy groups -OCH3 is 1. The van der Waals surface area contributed by atoms with Crippen LogP contribution in [0.1, 0.15) is 68.7 Å². The Morgan fingerprint density at radius 2 is 1.18 bits per heavy atom. The van der Waals surface area contributed by atoms with Crippen LogP contribution in [-0.2, 0) is 42.5 Å². The Kier molecular flexibility index (Phi) is 13.2. The van der Waals surface area contributed by atoms with Gasteiger partial charge in [0.05, 0.1) is 18.4 Å². The zero-order valence-corrected chi connectivity index (χ0v) is 37.5. The molecule has 8 aromatic rings. The van der Waals surface area contributed by atoms with E-state index >= 15 is 0 Å². The first-order valence-electron chi connectivity index (χ1n) is 22.6. The number of carbonyl (C=O) groups excluding carboxylic acids is 1. The van der Waals surface area contributed by atoms with Crippen molar-refractivity contribution in [1.82, 2.24) is 39.6 Å². The summed E-state index contributed by atoms with van der Waals surface area (Å²) in [6.07, 6.45) is -2.92. The maximum absolute atomic E-state index is 13.7. The van der Waals surface area contributed by atoms with E-state index in [-0.39, 0.29) is 12.1 Å². The number of aryl methyl sites for hydroxylation is 1. The number of tetrazole rings is 1. The summed E-state index contributed by atoms with van der Waals surface area (Å²) in [4.78, 5) is 22.9. The van der Waals surface area contributed by atoms with Gasteiger partial charge in [0, 0.05) is 57.8 Å². The lowest BCUT2D eigenvalue weighted by atomic mass is 9.77. The van der Waals surface area contributed by atoms with Crippen LogP contribution in [0.15, 0.2) is 164 Å². The molecule has 0 radical (unpaired) electrons. The second kappa shape index (κ2) is 19.7. The number of carbonyl (C=O) groups is 1. The van der Waals surface area contributed by atoms with E-state index in [9.17, 15) is 18.0 Å². The van der Waals surface area contributed by atoms with E-state index in [1.54, 1.807) is 12.1 Å². The van der Waals surface area contributed by atoms with Crippen molar-refractivity contribution in [2.45, 2.75) is 51.1 Å². The average Bonchev–Trinajstić information content (AvgIpc) is 3.98. The van der Waals surface area contributed by atoms with E-state index < -0.39 is 23.2 Å². The fourth-order valence-corrected chi connectivity index (χ4v) is 9.45. The third kappa shape index (κ3) is 9.17. The van der Waals surface area contributed by atoms with Crippen LogP contribution in [0.4, 0.5) is 13.2 Å². The molecule has 1 saturated heterocycles. The molecule has 3 heterocycles. The number of alkyl halides is 3. The fourth-order valence-electron chi connectivity index (χ4n) is 9.45. The first-order chi connectivity index (χ1) is 32.7. The van der Waals surface area contributed by atoms with Gasteiger partial charge >= 0.3 is 12.1 Å². The number of hydrogen-bond acceptors (Lipinski definition) is 8. The van der Waals surface area contributed by atoms with Crippen LogP contribution in [-0.4, -0.2) is 78.8 Å². The number of benzene rings is 6. The Morgan fingerprint density at radius 3 is 1.75 bits per heavy atom. The third-order valence-electron chi connectivity index (χ3n) is 12.7. The summed E-state index contributed by atoms with van der Waals surface area (Å²) in [7, 11) is 1.38. The number of halogens is 3. The van der Waals surface area contributed by atoms with Crippen LogP contribution in [0.5, 0.6) is 0 Å². The highest BCUT2D eigenvalue weighted by Crippen LogP contribution is 2.43. The Labute approximate surface area is 388 Å². The van der Waals surface area contributed by atoms with Crippen LogP contribution in [0, 0.1) is 0 Å². The van der Waals surface area contributed by atoms with Crippen molar-refractivity contribution in [3.05, 3.63) is 214 Å². The maximum Gasteiger partial charge on any atom is 0.416 e. The first kappa shape index (κ1) is 45.0. The molecule has 67 heavy (non-hydrogen) atoms. The normalized spacial score (nSPS) is 13.7. The van der Waals surface area contributed by atoms with E-state index in [2.05, 4.69) is 89.8 Å². The van der Waals surface area contributed by atoms with Crippen LogP contribution < -0.4 is 0 Å². The summed E-state index contributed by atoms with van der Waals surface area (Å²) < 4.78 is 50.4. The zero-order chi connectivity index (χ0) is 46.4. The quantitative estimate of drug-likeness (QED) is 0.0742. The number of esters is 1. The number of hydrogen-bond donors (Lipinski definition) is 0. The van der Waals surface area contributed by atoms with Gasteiger partial charge in [-0.25, -0.2) is 14.5 Å². The highest BCUT2D eigenvalue weighted by Gasteiger charge is 2.42. The van der Waals surface area contributed by atoms with Gasteiger partial charge in [-0.1, -0.05) is 165 Å².